The maximum Gasteiger partial charge on any atom is 0.416 e. The van der Waals surface area contributed by atoms with Crippen molar-refractivity contribution in [1.29, 1.82) is 0 Å². The SMILES string of the molecule is COc1cc(N(C)CCN(C)C)c(NC=O)cc1Nc1nccc(-n2c(C3CC3)nc3cc(C(F)(F)F)ccc32)n1. The molecule has 1 fully saturated rings. The van der Waals surface area contributed by atoms with Gasteiger partial charge >= 0.3 is 6.18 Å². The standard InChI is InChI=1S/C28H31F3N8O2/c1-37(2)11-12-38(3)23-15-24(41-4)21(14-19(23)33-16-40)35-27-32-10-9-25(36-27)39-22-8-7-18(28(29,30)31)13-20(22)34-26(39)17-5-6-17/h7-10,13-17H,5-6,11-12H2,1-4H3,(H,33,40)(H,32,35,36). The van der Waals surface area contributed by atoms with E-state index in [0.717, 1.165) is 37.2 Å². The summed E-state index contributed by atoms with van der Waals surface area (Å²) in [7, 11) is 7.45. The molecule has 2 heterocycles. The number of ether oxygens (including phenoxy) is 1. The Labute approximate surface area is 235 Å². The van der Waals surface area contributed by atoms with Gasteiger partial charge in [0.1, 0.15) is 17.4 Å². The van der Waals surface area contributed by atoms with Gasteiger partial charge in [-0.3, -0.25) is 9.36 Å². The van der Waals surface area contributed by atoms with Crippen LogP contribution < -0.4 is 20.3 Å². The first-order chi connectivity index (χ1) is 19.6. The predicted molar refractivity (Wildman–Crippen MR) is 151 cm³/mol. The van der Waals surface area contributed by atoms with E-state index in [-0.39, 0.29) is 17.4 Å². The highest BCUT2D eigenvalue weighted by atomic mass is 19.4. The zero-order valence-electron chi connectivity index (χ0n) is 23.2. The van der Waals surface area contributed by atoms with Crippen LogP contribution in [0.2, 0.25) is 0 Å². The number of benzene rings is 2. The second kappa shape index (κ2) is 11.2. The lowest BCUT2D eigenvalue weighted by molar-refractivity contribution is -0.137. The number of halogens is 3. The van der Waals surface area contributed by atoms with E-state index < -0.39 is 11.7 Å². The summed E-state index contributed by atoms with van der Waals surface area (Å²) >= 11 is 0. The molecule has 2 N–H and O–H groups in total. The molecule has 2 aromatic carbocycles. The number of fused-ring (bicyclic) bond motifs is 1. The number of likely N-dealkylation sites (N-methyl/N-ethyl adjacent to an activating group) is 2. The first-order valence-corrected chi connectivity index (χ1v) is 13.1. The van der Waals surface area contributed by atoms with Gasteiger partial charge in [0.05, 0.1) is 40.8 Å². The van der Waals surface area contributed by atoms with Gasteiger partial charge in [0, 0.05) is 38.3 Å². The second-order valence-electron chi connectivity index (χ2n) is 10.2. The maximum atomic E-state index is 13.4. The lowest BCUT2D eigenvalue weighted by atomic mass is 10.2. The van der Waals surface area contributed by atoms with E-state index in [2.05, 4.69) is 30.5 Å². The van der Waals surface area contributed by atoms with Crippen LogP contribution in [0.3, 0.4) is 0 Å². The largest absolute Gasteiger partial charge is 0.494 e. The molecule has 10 nitrogen and oxygen atoms in total. The Hall–Kier alpha value is -4.39. The number of aromatic nitrogens is 4. The van der Waals surface area contributed by atoms with Crippen molar-refractivity contribution in [3.63, 3.8) is 0 Å². The first kappa shape index (κ1) is 28.1. The van der Waals surface area contributed by atoms with Crippen molar-refractivity contribution in [3.8, 4) is 11.6 Å². The Morgan fingerprint density at radius 1 is 1.07 bits per heavy atom. The van der Waals surface area contributed by atoms with Gasteiger partial charge in [-0.15, -0.1) is 0 Å². The Kier molecular flexibility index (Phi) is 7.72. The highest BCUT2D eigenvalue weighted by molar-refractivity contribution is 5.87. The molecule has 0 bridgehead atoms. The minimum atomic E-state index is -4.46. The molecule has 1 aliphatic carbocycles. The lowest BCUT2D eigenvalue weighted by Gasteiger charge is -2.25. The van der Waals surface area contributed by atoms with Crippen molar-refractivity contribution < 1.29 is 22.7 Å². The molecule has 216 valence electrons. The summed E-state index contributed by atoms with van der Waals surface area (Å²) < 4.78 is 47.5. The second-order valence-corrected chi connectivity index (χ2v) is 10.2. The molecule has 1 amide bonds. The molecule has 1 saturated carbocycles. The number of nitrogens with one attached hydrogen (secondary N) is 2. The van der Waals surface area contributed by atoms with Crippen molar-refractivity contribution in [2.24, 2.45) is 0 Å². The molecule has 4 aromatic rings. The van der Waals surface area contributed by atoms with Crippen LogP contribution in [-0.4, -0.2) is 72.2 Å². The molecule has 0 saturated heterocycles. The molecule has 1 aliphatic rings. The molecule has 0 aliphatic heterocycles. The molecule has 13 heteroatoms. The summed E-state index contributed by atoms with van der Waals surface area (Å²) in [6.45, 7) is 1.53. The van der Waals surface area contributed by atoms with Gasteiger partial charge in [0.2, 0.25) is 12.4 Å². The summed E-state index contributed by atoms with van der Waals surface area (Å²) in [5.41, 5.74) is 1.90. The fourth-order valence-electron chi connectivity index (χ4n) is 4.59. The van der Waals surface area contributed by atoms with Crippen molar-refractivity contribution in [3.05, 3.63) is 54.0 Å². The van der Waals surface area contributed by atoms with Crippen LogP contribution in [0.25, 0.3) is 16.9 Å². The molecular formula is C28H31F3N8O2. The Morgan fingerprint density at radius 2 is 1.85 bits per heavy atom. The molecule has 0 spiro atoms. The van der Waals surface area contributed by atoms with Crippen LogP contribution in [0.5, 0.6) is 5.75 Å². The third kappa shape index (κ3) is 6.04. The van der Waals surface area contributed by atoms with E-state index in [9.17, 15) is 18.0 Å². The van der Waals surface area contributed by atoms with Gasteiger partial charge in [0.25, 0.3) is 0 Å². The Morgan fingerprint density at radius 3 is 2.51 bits per heavy atom. The van der Waals surface area contributed by atoms with E-state index in [0.29, 0.717) is 47.2 Å². The summed E-state index contributed by atoms with van der Waals surface area (Å²) in [6, 6.07) is 8.81. The maximum absolute atomic E-state index is 13.4. The van der Waals surface area contributed by atoms with Gasteiger partial charge in [-0.05, 0) is 57.3 Å². The highest BCUT2D eigenvalue weighted by Gasteiger charge is 2.34. The van der Waals surface area contributed by atoms with Gasteiger partial charge in [-0.25, -0.2) is 9.97 Å². The zero-order chi connectivity index (χ0) is 29.3. The topological polar surface area (TPSA) is 100 Å². The number of amides is 1. The van der Waals surface area contributed by atoms with Crippen LogP contribution in [0.4, 0.5) is 36.2 Å². The van der Waals surface area contributed by atoms with Crippen molar-refractivity contribution in [2.45, 2.75) is 24.9 Å². The molecule has 0 radical (unpaired) electrons. The molecule has 41 heavy (non-hydrogen) atoms. The molecule has 2 aromatic heterocycles. The number of imidazole rings is 1. The summed E-state index contributed by atoms with van der Waals surface area (Å²) in [4.78, 5) is 29.1. The molecule has 5 rings (SSSR count). The number of anilines is 4. The Bertz CT molecular complexity index is 1570. The number of rotatable bonds is 11. The lowest BCUT2D eigenvalue weighted by Crippen LogP contribution is -2.29. The molecular weight excluding hydrogens is 537 g/mol. The number of carbonyl (C=O) groups is 1. The summed E-state index contributed by atoms with van der Waals surface area (Å²) in [5.74, 6) is 2.04. The van der Waals surface area contributed by atoms with Crippen LogP contribution in [0.1, 0.15) is 30.1 Å². The first-order valence-electron chi connectivity index (χ1n) is 13.1. The molecule has 0 unspecified atom stereocenters. The van der Waals surface area contributed by atoms with E-state index in [4.69, 9.17) is 4.74 Å². The number of methoxy groups -OCH3 is 1. The highest BCUT2D eigenvalue weighted by Crippen LogP contribution is 2.43. The van der Waals surface area contributed by atoms with Crippen LogP contribution in [-0.2, 0) is 11.0 Å². The fraction of sp³-hybridized carbons (Fsp3) is 0.357. The van der Waals surface area contributed by atoms with Crippen molar-refractivity contribution in [2.75, 3.05) is 56.9 Å². The monoisotopic (exact) mass is 568 g/mol. The zero-order valence-corrected chi connectivity index (χ0v) is 23.2. The van der Waals surface area contributed by atoms with E-state index in [1.165, 1.54) is 6.07 Å². The number of nitrogens with zero attached hydrogens (tertiary/aromatic N) is 6. The van der Waals surface area contributed by atoms with Crippen LogP contribution in [0, 0.1) is 0 Å². The van der Waals surface area contributed by atoms with Crippen molar-refractivity contribution in [1.82, 2.24) is 24.4 Å². The number of hydrogen-bond donors (Lipinski definition) is 2. The van der Waals surface area contributed by atoms with Gasteiger partial charge in [0.15, 0.2) is 0 Å². The summed E-state index contributed by atoms with van der Waals surface area (Å²) in [5, 5.41) is 5.92. The number of alkyl halides is 3. The quantitative estimate of drug-likeness (QED) is 0.243. The third-order valence-electron chi connectivity index (χ3n) is 6.89. The predicted octanol–water partition coefficient (Wildman–Crippen LogP) is 5.03. The average Bonchev–Trinajstić information content (AvgIpc) is 3.71. The molecule has 0 atom stereocenters. The van der Waals surface area contributed by atoms with E-state index >= 15 is 0 Å². The van der Waals surface area contributed by atoms with E-state index in [1.807, 2.05) is 32.1 Å². The van der Waals surface area contributed by atoms with Gasteiger partial charge in [-0.2, -0.15) is 18.2 Å². The summed E-state index contributed by atoms with van der Waals surface area (Å²) in [6.07, 6.45) is -0.468. The number of hydrogen-bond acceptors (Lipinski definition) is 8. The van der Waals surface area contributed by atoms with Gasteiger partial charge < -0.3 is 25.2 Å². The van der Waals surface area contributed by atoms with E-state index in [1.54, 1.807) is 30.0 Å². The van der Waals surface area contributed by atoms with Gasteiger partial charge in [-0.1, -0.05) is 0 Å². The fourth-order valence-corrected chi connectivity index (χ4v) is 4.59. The Balaban J connectivity index is 1.51. The van der Waals surface area contributed by atoms with Crippen molar-refractivity contribution >= 4 is 40.5 Å². The minimum Gasteiger partial charge on any atom is -0.494 e. The van der Waals surface area contributed by atoms with Crippen LogP contribution >= 0.6 is 0 Å². The van der Waals surface area contributed by atoms with Crippen LogP contribution in [0.15, 0.2) is 42.6 Å². The number of carbonyl (C=O) groups excluding carboxylic acids is 1. The average molecular weight is 569 g/mol. The minimum absolute atomic E-state index is 0.150. The smallest absolute Gasteiger partial charge is 0.416 e. The normalized spacial score (nSPS) is 13.5. The third-order valence-corrected chi connectivity index (χ3v) is 6.89.